The van der Waals surface area contributed by atoms with Gasteiger partial charge in [0.05, 0.1) is 5.92 Å². The van der Waals surface area contributed by atoms with Crippen molar-refractivity contribution >= 4 is 5.84 Å². The lowest BCUT2D eigenvalue weighted by molar-refractivity contribution is -0.186. The van der Waals surface area contributed by atoms with Crippen LogP contribution in [-0.4, -0.2) is 41.8 Å². The third-order valence-corrected chi connectivity index (χ3v) is 4.05. The Morgan fingerprint density at radius 1 is 1.40 bits per heavy atom. The van der Waals surface area contributed by atoms with Crippen molar-refractivity contribution < 1.29 is 18.4 Å². The third kappa shape index (κ3) is 4.85. The maximum atomic E-state index is 12.7. The van der Waals surface area contributed by atoms with Gasteiger partial charge in [0.2, 0.25) is 0 Å². The SMILES string of the molecule is CC(C)(CCCN1CCCC(C(F)(F)F)C1)C(N)=NO. The first-order valence-electron chi connectivity index (χ1n) is 6.94. The van der Waals surface area contributed by atoms with Crippen LogP contribution in [0.25, 0.3) is 0 Å². The largest absolute Gasteiger partial charge is 0.409 e. The predicted octanol–water partition coefficient (Wildman–Crippen LogP) is 2.81. The fourth-order valence-electron chi connectivity index (χ4n) is 2.53. The molecule has 3 N–H and O–H groups in total. The average molecular weight is 295 g/mol. The summed E-state index contributed by atoms with van der Waals surface area (Å²) in [7, 11) is 0. The maximum absolute atomic E-state index is 12.7. The van der Waals surface area contributed by atoms with Crippen LogP contribution in [0.3, 0.4) is 0 Å². The van der Waals surface area contributed by atoms with Crippen molar-refractivity contribution in [3.63, 3.8) is 0 Å². The second-order valence-corrected chi connectivity index (χ2v) is 6.15. The van der Waals surface area contributed by atoms with E-state index in [0.717, 1.165) is 13.0 Å². The summed E-state index contributed by atoms with van der Waals surface area (Å²) >= 11 is 0. The molecule has 0 radical (unpaired) electrons. The van der Waals surface area contributed by atoms with Crippen molar-refractivity contribution in [1.29, 1.82) is 0 Å². The van der Waals surface area contributed by atoms with Gasteiger partial charge in [-0.05, 0) is 38.8 Å². The van der Waals surface area contributed by atoms with Gasteiger partial charge in [-0.3, -0.25) is 0 Å². The Morgan fingerprint density at radius 3 is 2.60 bits per heavy atom. The summed E-state index contributed by atoms with van der Waals surface area (Å²) in [4.78, 5) is 1.87. The van der Waals surface area contributed by atoms with Crippen molar-refractivity contribution in [2.24, 2.45) is 22.2 Å². The topological polar surface area (TPSA) is 61.8 Å². The van der Waals surface area contributed by atoms with Crippen molar-refractivity contribution in [3.8, 4) is 0 Å². The first kappa shape index (κ1) is 17.1. The Hall–Kier alpha value is -0.980. The summed E-state index contributed by atoms with van der Waals surface area (Å²) in [6, 6.07) is 0. The lowest BCUT2D eigenvalue weighted by Crippen LogP contribution is -2.42. The maximum Gasteiger partial charge on any atom is 0.393 e. The lowest BCUT2D eigenvalue weighted by Gasteiger charge is -2.34. The number of piperidine rings is 1. The molecule has 7 heteroatoms. The van der Waals surface area contributed by atoms with Gasteiger partial charge in [0, 0.05) is 12.0 Å². The number of alkyl halides is 3. The lowest BCUT2D eigenvalue weighted by atomic mass is 9.86. The summed E-state index contributed by atoms with van der Waals surface area (Å²) in [6.45, 7) is 5.15. The van der Waals surface area contributed by atoms with Gasteiger partial charge in [-0.25, -0.2) is 0 Å². The van der Waals surface area contributed by atoms with Crippen molar-refractivity contribution in [1.82, 2.24) is 4.90 Å². The van der Waals surface area contributed by atoms with E-state index < -0.39 is 17.5 Å². The molecule has 0 aromatic carbocycles. The van der Waals surface area contributed by atoms with Crippen LogP contribution >= 0.6 is 0 Å². The molecule has 1 rings (SSSR count). The number of nitrogens with two attached hydrogens (primary N) is 1. The molecule has 1 atom stereocenters. The molecule has 0 aromatic rings. The average Bonchev–Trinajstić information content (AvgIpc) is 2.37. The van der Waals surface area contributed by atoms with Gasteiger partial charge in [0.1, 0.15) is 5.84 Å². The highest BCUT2D eigenvalue weighted by Crippen LogP contribution is 2.33. The van der Waals surface area contributed by atoms with Gasteiger partial charge in [0.25, 0.3) is 0 Å². The van der Waals surface area contributed by atoms with Crippen LogP contribution in [0.15, 0.2) is 5.16 Å². The Bertz CT molecular complexity index is 342. The van der Waals surface area contributed by atoms with Gasteiger partial charge in [-0.2, -0.15) is 13.2 Å². The molecule has 0 bridgehead atoms. The van der Waals surface area contributed by atoms with E-state index in [1.165, 1.54) is 0 Å². The molecular weight excluding hydrogens is 271 g/mol. The molecule has 118 valence electrons. The van der Waals surface area contributed by atoms with E-state index in [2.05, 4.69) is 5.16 Å². The van der Waals surface area contributed by atoms with E-state index in [4.69, 9.17) is 10.9 Å². The zero-order valence-electron chi connectivity index (χ0n) is 12.1. The molecular formula is C13H24F3N3O. The van der Waals surface area contributed by atoms with Crippen molar-refractivity contribution in [3.05, 3.63) is 0 Å². The Kier molecular flexibility index (Phi) is 5.68. The fourth-order valence-corrected chi connectivity index (χ4v) is 2.53. The van der Waals surface area contributed by atoms with Gasteiger partial charge < -0.3 is 15.8 Å². The molecule has 0 spiro atoms. The molecule has 1 heterocycles. The first-order valence-corrected chi connectivity index (χ1v) is 6.94. The predicted molar refractivity (Wildman–Crippen MR) is 71.6 cm³/mol. The summed E-state index contributed by atoms with van der Waals surface area (Å²) in [5.41, 5.74) is 5.15. The number of hydrogen-bond acceptors (Lipinski definition) is 3. The van der Waals surface area contributed by atoms with Crippen LogP contribution in [0.1, 0.15) is 39.5 Å². The Labute approximate surface area is 117 Å². The monoisotopic (exact) mass is 295 g/mol. The van der Waals surface area contributed by atoms with Crippen molar-refractivity contribution in [2.45, 2.75) is 45.7 Å². The summed E-state index contributed by atoms with van der Waals surface area (Å²) in [5.74, 6) is -1.04. The van der Waals surface area contributed by atoms with Gasteiger partial charge >= 0.3 is 6.18 Å². The standard InChI is InChI=1S/C13H24F3N3O/c1-12(2,11(17)18-20)6-4-8-19-7-3-5-10(9-19)13(14,15)16/h10,20H,3-9H2,1-2H3,(H2,17,18). The number of hydrogen-bond donors (Lipinski definition) is 2. The van der Waals surface area contributed by atoms with Crippen LogP contribution in [0, 0.1) is 11.3 Å². The minimum Gasteiger partial charge on any atom is -0.409 e. The normalized spacial score (nSPS) is 23.1. The number of rotatable bonds is 5. The van der Waals surface area contributed by atoms with Gasteiger partial charge in [-0.15, -0.1) is 0 Å². The summed E-state index contributed by atoms with van der Waals surface area (Å²) in [6.07, 6.45) is -1.86. The van der Waals surface area contributed by atoms with E-state index in [9.17, 15) is 13.2 Å². The van der Waals surface area contributed by atoms with E-state index >= 15 is 0 Å². The quantitative estimate of drug-likeness (QED) is 0.355. The highest BCUT2D eigenvalue weighted by molar-refractivity contribution is 5.85. The zero-order valence-corrected chi connectivity index (χ0v) is 12.1. The molecule has 1 unspecified atom stereocenters. The highest BCUT2D eigenvalue weighted by atomic mass is 19.4. The van der Waals surface area contributed by atoms with Crippen LogP contribution in [0.5, 0.6) is 0 Å². The van der Waals surface area contributed by atoms with Crippen LogP contribution in [-0.2, 0) is 0 Å². The number of oxime groups is 1. The second-order valence-electron chi connectivity index (χ2n) is 6.15. The summed E-state index contributed by atoms with van der Waals surface area (Å²) < 4.78 is 38.1. The van der Waals surface area contributed by atoms with E-state index in [1.54, 1.807) is 0 Å². The van der Waals surface area contributed by atoms with Crippen LogP contribution in [0.2, 0.25) is 0 Å². The molecule has 1 fully saturated rings. The molecule has 0 aromatic heterocycles. The Morgan fingerprint density at radius 2 is 2.05 bits per heavy atom. The highest BCUT2D eigenvalue weighted by Gasteiger charge is 2.41. The fraction of sp³-hybridized carbons (Fsp3) is 0.923. The molecule has 1 aliphatic rings. The molecule has 1 saturated heterocycles. The van der Waals surface area contributed by atoms with E-state index in [0.29, 0.717) is 19.4 Å². The molecule has 0 aliphatic carbocycles. The van der Waals surface area contributed by atoms with Crippen LogP contribution in [0.4, 0.5) is 13.2 Å². The number of nitrogens with zero attached hydrogens (tertiary/aromatic N) is 2. The molecule has 4 nitrogen and oxygen atoms in total. The van der Waals surface area contributed by atoms with Crippen LogP contribution < -0.4 is 5.73 Å². The van der Waals surface area contributed by atoms with Gasteiger partial charge in [-0.1, -0.05) is 19.0 Å². The minimum absolute atomic E-state index is 0.0908. The summed E-state index contributed by atoms with van der Waals surface area (Å²) in [5, 5.41) is 11.7. The number of amidine groups is 1. The van der Waals surface area contributed by atoms with E-state index in [1.807, 2.05) is 18.7 Å². The molecule has 0 saturated carbocycles. The van der Waals surface area contributed by atoms with Gasteiger partial charge in [0.15, 0.2) is 0 Å². The Balaban J connectivity index is 2.39. The third-order valence-electron chi connectivity index (χ3n) is 4.05. The smallest absolute Gasteiger partial charge is 0.393 e. The zero-order chi connectivity index (χ0) is 15.4. The molecule has 1 aliphatic heterocycles. The number of likely N-dealkylation sites (tertiary alicyclic amines) is 1. The van der Waals surface area contributed by atoms with E-state index in [-0.39, 0.29) is 18.8 Å². The van der Waals surface area contributed by atoms with Crippen molar-refractivity contribution in [2.75, 3.05) is 19.6 Å². The second kappa shape index (κ2) is 6.65. The number of halogens is 3. The first-order chi connectivity index (χ1) is 9.16. The molecule has 0 amide bonds. The molecule has 20 heavy (non-hydrogen) atoms. The minimum atomic E-state index is -4.09.